The van der Waals surface area contributed by atoms with Crippen LogP contribution in [0, 0.1) is 17.8 Å². The van der Waals surface area contributed by atoms with Crippen molar-refractivity contribution in [3.8, 4) is 5.75 Å². The second kappa shape index (κ2) is 15.3. The van der Waals surface area contributed by atoms with Crippen molar-refractivity contribution in [2.75, 3.05) is 77.1 Å². The number of nitrogens with one attached hydrogen (secondary N) is 1. The summed E-state index contributed by atoms with van der Waals surface area (Å²) in [6.45, 7) is 17.0. The first-order chi connectivity index (χ1) is 26.3. The van der Waals surface area contributed by atoms with E-state index < -0.39 is 26.8 Å². The number of amides is 1. The number of piperazine rings is 1. The topological polar surface area (TPSA) is 101 Å². The van der Waals surface area contributed by atoms with Crippen LogP contribution in [0.5, 0.6) is 5.75 Å². The van der Waals surface area contributed by atoms with Gasteiger partial charge in [0.15, 0.2) is 0 Å². The number of anilines is 1. The minimum atomic E-state index is -3.96. The van der Waals surface area contributed by atoms with E-state index in [0.717, 1.165) is 108 Å². The lowest BCUT2D eigenvalue weighted by Crippen LogP contribution is -2.66. The van der Waals surface area contributed by atoms with Gasteiger partial charge in [-0.15, -0.1) is 0 Å². The van der Waals surface area contributed by atoms with Crippen molar-refractivity contribution in [1.29, 1.82) is 0 Å². The second-order valence-electron chi connectivity index (χ2n) is 17.7. The molecule has 55 heavy (non-hydrogen) atoms. The molecule has 2 aromatic rings. The molecule has 2 bridgehead atoms. The smallest absolute Gasteiger partial charge is 0.264 e. The monoisotopic (exact) mass is 794 g/mol. The van der Waals surface area contributed by atoms with Crippen LogP contribution in [-0.4, -0.2) is 113 Å². The normalized spacial score (nSPS) is 34.2. The highest BCUT2D eigenvalue weighted by atomic mass is 35.5. The van der Waals surface area contributed by atoms with Gasteiger partial charge >= 0.3 is 0 Å². The summed E-state index contributed by atoms with van der Waals surface area (Å²) in [4.78, 5) is 21.3. The van der Waals surface area contributed by atoms with Gasteiger partial charge in [-0.25, -0.2) is 13.1 Å². The maximum Gasteiger partial charge on any atom is 0.264 e. The lowest BCUT2D eigenvalue weighted by atomic mass is 9.63. The van der Waals surface area contributed by atoms with Gasteiger partial charge in [0.25, 0.3) is 5.91 Å². The molecule has 6 atom stereocenters. The third kappa shape index (κ3) is 7.47. The molecule has 2 aliphatic carbocycles. The number of carbonyl (C=O) groups is 1. The minimum Gasteiger partial charge on any atom is -0.490 e. The first kappa shape index (κ1) is 39.2. The lowest BCUT2D eigenvalue weighted by Gasteiger charge is -2.54. The Hall–Kier alpha value is -2.67. The van der Waals surface area contributed by atoms with Crippen LogP contribution in [0.2, 0.25) is 5.02 Å². The summed E-state index contributed by atoms with van der Waals surface area (Å²) in [5, 5.41) is -0.0319. The Morgan fingerprint density at radius 3 is 2.55 bits per heavy atom. The summed E-state index contributed by atoms with van der Waals surface area (Å²) in [7, 11) is -3.96. The Labute approximate surface area is 332 Å². The van der Waals surface area contributed by atoms with E-state index in [0.29, 0.717) is 31.1 Å². The quantitative estimate of drug-likeness (QED) is 0.362. The molecule has 1 amide bonds. The lowest BCUT2D eigenvalue weighted by molar-refractivity contribution is -0.148. The number of rotatable bonds is 5. The molecule has 3 fully saturated rings. The van der Waals surface area contributed by atoms with Crippen molar-refractivity contribution in [3.05, 3.63) is 70.3 Å². The number of aryl methyl sites for hydroxylation is 1. The summed E-state index contributed by atoms with van der Waals surface area (Å²) in [6.07, 6.45) is 10.1. The average molecular weight is 795 g/mol. The summed E-state index contributed by atoms with van der Waals surface area (Å²) < 4.78 is 49.1. The van der Waals surface area contributed by atoms with E-state index in [2.05, 4.69) is 57.6 Å². The molecule has 0 radical (unpaired) electrons. The van der Waals surface area contributed by atoms with Crippen LogP contribution in [0.4, 0.5) is 5.69 Å². The highest BCUT2D eigenvalue weighted by molar-refractivity contribution is 7.90. The molecule has 1 spiro atoms. The fourth-order valence-corrected chi connectivity index (χ4v) is 11.8. The number of ether oxygens (including phenoxy) is 3. The third-order valence-corrected chi connectivity index (χ3v) is 16.2. The van der Waals surface area contributed by atoms with Gasteiger partial charge in [-0.05, 0) is 119 Å². The Morgan fingerprint density at radius 1 is 1.04 bits per heavy atom. The van der Waals surface area contributed by atoms with E-state index in [4.69, 9.17) is 25.8 Å². The summed E-state index contributed by atoms with van der Waals surface area (Å²) in [6, 6.07) is 11.7. The summed E-state index contributed by atoms with van der Waals surface area (Å²) in [5.41, 5.74) is 3.04. The van der Waals surface area contributed by atoms with Gasteiger partial charge in [-0.1, -0.05) is 36.7 Å². The molecule has 4 aliphatic heterocycles. The molecule has 0 unspecified atom stereocenters. The first-order valence-corrected chi connectivity index (χ1v) is 22.5. The van der Waals surface area contributed by atoms with E-state index in [1.54, 1.807) is 13.0 Å². The average Bonchev–Trinajstić information content (AvgIpc) is 3.28. The van der Waals surface area contributed by atoms with E-state index in [1.807, 2.05) is 25.1 Å². The van der Waals surface area contributed by atoms with Crippen molar-refractivity contribution in [3.63, 3.8) is 0 Å². The molecular formula is C43H59ClN4O6S. The first-order valence-electron chi connectivity index (χ1n) is 20.6. The van der Waals surface area contributed by atoms with Crippen LogP contribution in [0.15, 0.2) is 48.6 Å². The van der Waals surface area contributed by atoms with E-state index in [-0.39, 0.29) is 22.8 Å². The van der Waals surface area contributed by atoms with Crippen LogP contribution in [0.1, 0.15) is 81.3 Å². The van der Waals surface area contributed by atoms with Crippen LogP contribution in [0.3, 0.4) is 0 Å². The molecule has 0 aromatic heterocycles. The molecule has 12 heteroatoms. The van der Waals surface area contributed by atoms with E-state index in [9.17, 15) is 13.2 Å². The number of hydrogen-bond donors (Lipinski definition) is 1. The SMILES string of the molecule is CCO[C@@]1(CN2CCN(C3(C)COC3)CC2)/C=C\C[C@H](C)[C@@H](C)S(=O)(=O)NC(=O)c2ccc3c(c2)N(C[C@@H]2CC[C@H]21)C[C@@]1(CCCc2cc(Cl)ccc21)CO3. The summed E-state index contributed by atoms with van der Waals surface area (Å²) in [5.74, 6) is 0.478. The number of halogens is 1. The van der Waals surface area contributed by atoms with Crippen LogP contribution < -0.4 is 14.4 Å². The third-order valence-electron chi connectivity index (χ3n) is 14.1. The number of sulfonamides is 1. The number of benzene rings is 2. The van der Waals surface area contributed by atoms with Crippen molar-refractivity contribution >= 4 is 33.2 Å². The summed E-state index contributed by atoms with van der Waals surface area (Å²) >= 11 is 6.52. The zero-order valence-electron chi connectivity index (χ0n) is 33.0. The second-order valence-corrected chi connectivity index (χ2v) is 20.1. The van der Waals surface area contributed by atoms with E-state index >= 15 is 0 Å². The fourth-order valence-electron chi connectivity index (χ4n) is 10.4. The van der Waals surface area contributed by atoms with Crippen molar-refractivity contribution < 1.29 is 27.4 Å². The van der Waals surface area contributed by atoms with Gasteiger partial charge in [0.05, 0.1) is 36.3 Å². The molecular weight excluding hydrogens is 736 g/mol. The van der Waals surface area contributed by atoms with Crippen LogP contribution >= 0.6 is 11.6 Å². The molecule has 10 nitrogen and oxygen atoms in total. The number of carbonyl (C=O) groups excluding carboxylic acids is 1. The fraction of sp³-hybridized carbons (Fsp3) is 0.651. The largest absolute Gasteiger partial charge is 0.490 e. The molecule has 2 saturated heterocycles. The predicted molar refractivity (Wildman–Crippen MR) is 217 cm³/mol. The molecule has 2 aromatic carbocycles. The maximum absolute atomic E-state index is 13.7. The molecule has 6 aliphatic rings. The molecule has 8 rings (SSSR count). The van der Waals surface area contributed by atoms with Crippen LogP contribution in [0.25, 0.3) is 0 Å². The van der Waals surface area contributed by atoms with Gasteiger partial charge in [0, 0.05) is 68.4 Å². The number of allylic oxidation sites excluding steroid dienone is 1. The van der Waals surface area contributed by atoms with Gasteiger partial charge in [-0.2, -0.15) is 0 Å². The number of fused-ring (bicyclic) bond motifs is 4. The Bertz CT molecular complexity index is 1900. The molecule has 1 N–H and O–H groups in total. The Morgan fingerprint density at radius 2 is 1.84 bits per heavy atom. The van der Waals surface area contributed by atoms with Crippen LogP contribution in [-0.2, 0) is 31.3 Å². The highest BCUT2D eigenvalue weighted by Gasteiger charge is 2.51. The highest BCUT2D eigenvalue weighted by Crippen LogP contribution is 2.49. The van der Waals surface area contributed by atoms with Gasteiger partial charge < -0.3 is 19.1 Å². The van der Waals surface area contributed by atoms with Gasteiger partial charge in [-0.3, -0.25) is 14.6 Å². The molecule has 300 valence electrons. The van der Waals surface area contributed by atoms with Gasteiger partial charge in [0.2, 0.25) is 10.0 Å². The molecule has 4 heterocycles. The number of hydrogen-bond acceptors (Lipinski definition) is 9. The number of nitrogens with zero attached hydrogens (tertiary/aromatic N) is 3. The predicted octanol–water partition coefficient (Wildman–Crippen LogP) is 6.07. The van der Waals surface area contributed by atoms with E-state index in [1.165, 1.54) is 11.1 Å². The van der Waals surface area contributed by atoms with Crippen molar-refractivity contribution in [2.24, 2.45) is 17.8 Å². The van der Waals surface area contributed by atoms with Gasteiger partial charge in [0.1, 0.15) is 11.4 Å². The Kier molecular flexibility index (Phi) is 10.9. The standard InChI is InChI=1S/C43H59ClN4O6S/c1-5-54-43(26-46-18-20-48(21-19-46)41(4)27-52-28-41)17-6-8-30(2)31(3)55(50,51)45-40(49)33-11-15-39-38(23-33)47(24-34-10-13-37(34)43)25-42(29-53-39)16-7-9-32-22-35(44)12-14-36(32)42/h6,11-12,14-15,17,22-23,30-31,34,37H,5,7-10,13,16,18-21,24-29H2,1-4H3,(H,45,49)/b17-6-/t30-,31+,34-,37+,42-,43+/m0/s1. The zero-order chi connectivity index (χ0) is 38.6. The molecule has 1 saturated carbocycles. The van der Waals surface area contributed by atoms with Crippen molar-refractivity contribution in [1.82, 2.24) is 14.5 Å². The minimum absolute atomic E-state index is 0.132. The zero-order valence-corrected chi connectivity index (χ0v) is 34.6. The Balaban J connectivity index is 1.17. The maximum atomic E-state index is 13.7. The van der Waals surface area contributed by atoms with Crippen molar-refractivity contribution in [2.45, 2.75) is 88.0 Å².